The van der Waals surface area contributed by atoms with E-state index in [0.29, 0.717) is 0 Å². The fraction of sp³-hybridized carbons (Fsp3) is 0.250. The average molecular weight is 399 g/mol. The van der Waals surface area contributed by atoms with Crippen molar-refractivity contribution in [3.8, 4) is 0 Å². The quantitative estimate of drug-likeness (QED) is 0.748. The molecule has 0 amide bonds. The van der Waals surface area contributed by atoms with Gasteiger partial charge in [-0.1, -0.05) is 57.0 Å². The summed E-state index contributed by atoms with van der Waals surface area (Å²) in [6.45, 7) is 2.11. The molecule has 0 spiro atoms. The molecule has 20 heavy (non-hydrogen) atoms. The van der Waals surface area contributed by atoms with Gasteiger partial charge in [-0.3, -0.25) is 0 Å². The normalized spacial score (nSPS) is 13.8. The van der Waals surface area contributed by atoms with E-state index < -0.39 is 5.54 Å². The number of nitrogens with one attached hydrogen (secondary N) is 1. The van der Waals surface area contributed by atoms with Crippen molar-refractivity contribution in [2.24, 2.45) is 0 Å². The van der Waals surface area contributed by atoms with Crippen molar-refractivity contribution in [2.75, 3.05) is 11.9 Å². The second-order valence-corrected chi connectivity index (χ2v) is 6.57. The molecular weight excluding hydrogens is 382 g/mol. The molecule has 1 unspecified atom stereocenters. The third kappa shape index (κ3) is 3.43. The van der Waals surface area contributed by atoms with Crippen LogP contribution >= 0.6 is 31.9 Å². The molecular formula is C16H17Br2NO. The Hall–Kier alpha value is -0.840. The number of aliphatic hydroxyl groups is 1. The van der Waals surface area contributed by atoms with Crippen molar-refractivity contribution in [3.63, 3.8) is 0 Å². The van der Waals surface area contributed by atoms with E-state index in [-0.39, 0.29) is 6.61 Å². The molecule has 106 valence electrons. The summed E-state index contributed by atoms with van der Waals surface area (Å²) in [6.07, 6.45) is 0.789. The molecule has 2 aromatic carbocycles. The first-order valence-electron chi connectivity index (χ1n) is 6.50. The minimum absolute atomic E-state index is 0.0393. The first-order valence-corrected chi connectivity index (χ1v) is 8.09. The third-order valence-corrected chi connectivity index (χ3v) is 4.50. The summed E-state index contributed by atoms with van der Waals surface area (Å²) in [5, 5.41) is 13.4. The predicted octanol–water partition coefficient (Wildman–Crippen LogP) is 4.92. The van der Waals surface area contributed by atoms with Crippen LogP contribution in [-0.4, -0.2) is 11.7 Å². The van der Waals surface area contributed by atoms with E-state index in [9.17, 15) is 5.11 Å². The Bertz CT molecular complexity index is 565. The number of aliphatic hydroxyl groups excluding tert-OH is 1. The van der Waals surface area contributed by atoms with E-state index in [4.69, 9.17) is 0 Å². The number of halogens is 2. The Balaban J connectivity index is 2.36. The Morgan fingerprint density at radius 1 is 1.05 bits per heavy atom. The van der Waals surface area contributed by atoms with Crippen LogP contribution in [0.2, 0.25) is 0 Å². The second kappa shape index (κ2) is 6.74. The van der Waals surface area contributed by atoms with Crippen LogP contribution in [0.5, 0.6) is 0 Å². The molecule has 0 aliphatic carbocycles. The lowest BCUT2D eigenvalue weighted by Gasteiger charge is -2.34. The largest absolute Gasteiger partial charge is 0.394 e. The molecule has 0 saturated heterocycles. The summed E-state index contributed by atoms with van der Waals surface area (Å²) < 4.78 is 2.05. The van der Waals surface area contributed by atoms with Crippen molar-refractivity contribution in [1.82, 2.24) is 0 Å². The predicted molar refractivity (Wildman–Crippen MR) is 91.0 cm³/mol. The van der Waals surface area contributed by atoms with Gasteiger partial charge in [-0.25, -0.2) is 0 Å². The van der Waals surface area contributed by atoms with Crippen molar-refractivity contribution in [3.05, 3.63) is 63.0 Å². The fourth-order valence-electron chi connectivity index (χ4n) is 2.22. The lowest BCUT2D eigenvalue weighted by molar-refractivity contribution is 0.207. The molecule has 0 fully saturated rings. The summed E-state index contributed by atoms with van der Waals surface area (Å²) in [4.78, 5) is 0. The average Bonchev–Trinajstić information content (AvgIpc) is 2.46. The highest BCUT2D eigenvalue weighted by Crippen LogP contribution is 2.31. The maximum atomic E-state index is 9.94. The van der Waals surface area contributed by atoms with Crippen LogP contribution in [0.4, 0.5) is 5.69 Å². The van der Waals surface area contributed by atoms with Crippen molar-refractivity contribution < 1.29 is 5.11 Å². The molecule has 0 aromatic heterocycles. The van der Waals surface area contributed by atoms with Crippen molar-refractivity contribution >= 4 is 37.5 Å². The van der Waals surface area contributed by atoms with Gasteiger partial charge < -0.3 is 10.4 Å². The van der Waals surface area contributed by atoms with Gasteiger partial charge in [0.15, 0.2) is 0 Å². The highest BCUT2D eigenvalue weighted by molar-refractivity contribution is 9.10. The van der Waals surface area contributed by atoms with Gasteiger partial charge >= 0.3 is 0 Å². The summed E-state index contributed by atoms with van der Waals surface area (Å²) >= 11 is 6.91. The molecule has 2 rings (SSSR count). The molecule has 1 atom stereocenters. The van der Waals surface area contributed by atoms with Crippen molar-refractivity contribution in [2.45, 2.75) is 18.9 Å². The number of benzene rings is 2. The summed E-state index contributed by atoms with van der Waals surface area (Å²) in [5.41, 5.74) is 1.59. The van der Waals surface area contributed by atoms with Crippen LogP contribution in [0.3, 0.4) is 0 Å². The minimum Gasteiger partial charge on any atom is -0.394 e. The van der Waals surface area contributed by atoms with Crippen LogP contribution < -0.4 is 5.32 Å². The highest BCUT2D eigenvalue weighted by atomic mass is 79.9. The van der Waals surface area contributed by atoms with Crippen LogP contribution in [0.15, 0.2) is 57.5 Å². The Morgan fingerprint density at radius 2 is 1.75 bits per heavy atom. The minimum atomic E-state index is -0.471. The van der Waals surface area contributed by atoms with Gasteiger partial charge in [-0.15, -0.1) is 0 Å². The topological polar surface area (TPSA) is 32.3 Å². The van der Waals surface area contributed by atoms with Gasteiger partial charge in [0.2, 0.25) is 0 Å². The summed E-state index contributed by atoms with van der Waals surface area (Å²) in [5.74, 6) is 0. The van der Waals surface area contributed by atoms with E-state index >= 15 is 0 Å². The fourth-order valence-corrected chi connectivity index (χ4v) is 2.88. The van der Waals surface area contributed by atoms with E-state index in [1.165, 1.54) is 0 Å². The maximum Gasteiger partial charge on any atom is 0.0854 e. The van der Waals surface area contributed by atoms with Gasteiger partial charge in [0, 0.05) is 14.6 Å². The Labute approximate surface area is 136 Å². The molecule has 2 N–H and O–H groups in total. The number of hydrogen-bond acceptors (Lipinski definition) is 2. The highest BCUT2D eigenvalue weighted by Gasteiger charge is 2.29. The molecule has 2 nitrogen and oxygen atoms in total. The molecule has 0 saturated carbocycles. The number of hydrogen-bond donors (Lipinski definition) is 2. The molecule has 0 bridgehead atoms. The van der Waals surface area contributed by atoms with Gasteiger partial charge in [0.05, 0.1) is 12.1 Å². The van der Waals surface area contributed by atoms with Crippen LogP contribution in [-0.2, 0) is 5.54 Å². The summed E-state index contributed by atoms with van der Waals surface area (Å²) in [7, 11) is 0. The zero-order valence-corrected chi connectivity index (χ0v) is 14.4. The summed E-state index contributed by atoms with van der Waals surface area (Å²) in [6, 6.07) is 16.0. The zero-order chi connectivity index (χ0) is 14.6. The first kappa shape index (κ1) is 15.5. The van der Waals surface area contributed by atoms with E-state index in [1.54, 1.807) is 0 Å². The monoisotopic (exact) mass is 397 g/mol. The van der Waals surface area contributed by atoms with E-state index in [0.717, 1.165) is 26.6 Å². The standard InChI is InChI=1S/C16H17Br2NO/c1-2-16(11-20,12-6-8-13(17)9-7-12)19-15-5-3-4-14(18)10-15/h3-10,19-20H,2,11H2,1H3. The van der Waals surface area contributed by atoms with Gasteiger partial charge in [0.1, 0.15) is 0 Å². The first-order chi connectivity index (χ1) is 9.59. The smallest absolute Gasteiger partial charge is 0.0854 e. The van der Waals surface area contributed by atoms with Crippen LogP contribution in [0.25, 0.3) is 0 Å². The Morgan fingerprint density at radius 3 is 2.30 bits per heavy atom. The lowest BCUT2D eigenvalue weighted by Crippen LogP contribution is -2.38. The van der Waals surface area contributed by atoms with E-state index in [2.05, 4.69) is 44.1 Å². The maximum absolute atomic E-state index is 9.94. The molecule has 0 heterocycles. The SMILES string of the molecule is CCC(CO)(Nc1cccc(Br)c1)c1ccc(Br)cc1. The number of rotatable bonds is 5. The molecule has 0 radical (unpaired) electrons. The third-order valence-electron chi connectivity index (χ3n) is 3.48. The lowest BCUT2D eigenvalue weighted by atomic mass is 9.87. The van der Waals surface area contributed by atoms with Gasteiger partial charge in [-0.2, -0.15) is 0 Å². The molecule has 2 aromatic rings. The van der Waals surface area contributed by atoms with Gasteiger partial charge in [-0.05, 0) is 42.3 Å². The number of anilines is 1. The van der Waals surface area contributed by atoms with Crippen LogP contribution in [0.1, 0.15) is 18.9 Å². The Kier molecular flexibility index (Phi) is 5.24. The molecule has 0 aliphatic rings. The van der Waals surface area contributed by atoms with Crippen molar-refractivity contribution in [1.29, 1.82) is 0 Å². The van der Waals surface area contributed by atoms with Gasteiger partial charge in [0.25, 0.3) is 0 Å². The zero-order valence-electron chi connectivity index (χ0n) is 11.2. The van der Waals surface area contributed by atoms with E-state index in [1.807, 2.05) is 48.5 Å². The second-order valence-electron chi connectivity index (χ2n) is 4.74. The molecule has 0 aliphatic heterocycles. The molecule has 4 heteroatoms. The van der Waals surface area contributed by atoms with Crippen LogP contribution in [0, 0.1) is 0 Å².